The first kappa shape index (κ1) is 21.5. The van der Waals surface area contributed by atoms with Gasteiger partial charge < -0.3 is 19.5 Å². The number of anilines is 1. The smallest absolute Gasteiger partial charge is 0.341 e. The summed E-state index contributed by atoms with van der Waals surface area (Å²) in [4.78, 5) is 26.9. The SMILES string of the molecule is CCOC(=O)c1c(NC(=O)CSc2ccc3c(c2)OCCCO3)sc(CC)c1C. The van der Waals surface area contributed by atoms with Gasteiger partial charge in [-0.2, -0.15) is 0 Å². The third-order valence-electron chi connectivity index (χ3n) is 4.39. The number of thioether (sulfide) groups is 1. The summed E-state index contributed by atoms with van der Waals surface area (Å²) in [5.74, 6) is 1.10. The summed E-state index contributed by atoms with van der Waals surface area (Å²) in [7, 11) is 0. The second kappa shape index (κ2) is 10.0. The molecule has 2 aromatic rings. The molecular formula is C21H25NO5S2. The van der Waals surface area contributed by atoms with Gasteiger partial charge in [0.1, 0.15) is 5.00 Å². The Hall–Kier alpha value is -2.19. The first-order chi connectivity index (χ1) is 14.0. The van der Waals surface area contributed by atoms with Crippen molar-refractivity contribution < 1.29 is 23.8 Å². The molecule has 0 fully saturated rings. The largest absolute Gasteiger partial charge is 0.490 e. The number of fused-ring (bicyclic) bond motifs is 1. The van der Waals surface area contributed by atoms with Crippen molar-refractivity contribution in [1.82, 2.24) is 0 Å². The van der Waals surface area contributed by atoms with Crippen molar-refractivity contribution in [2.24, 2.45) is 0 Å². The minimum Gasteiger partial charge on any atom is -0.490 e. The van der Waals surface area contributed by atoms with Crippen molar-refractivity contribution in [2.75, 3.05) is 30.9 Å². The maximum atomic E-state index is 12.5. The Kier molecular flexibility index (Phi) is 7.44. The van der Waals surface area contributed by atoms with Crippen LogP contribution in [0.2, 0.25) is 0 Å². The number of rotatable bonds is 7. The predicted molar refractivity (Wildman–Crippen MR) is 116 cm³/mol. The lowest BCUT2D eigenvalue weighted by molar-refractivity contribution is -0.113. The Bertz CT molecular complexity index is 893. The Balaban J connectivity index is 1.67. The normalized spacial score (nSPS) is 12.9. The molecule has 0 atom stereocenters. The minimum atomic E-state index is -0.396. The van der Waals surface area contributed by atoms with E-state index in [0.29, 0.717) is 36.1 Å². The van der Waals surface area contributed by atoms with Crippen molar-refractivity contribution >= 4 is 40.0 Å². The van der Waals surface area contributed by atoms with Crippen LogP contribution in [-0.4, -0.2) is 37.4 Å². The van der Waals surface area contributed by atoms with Crippen LogP contribution in [0.15, 0.2) is 23.1 Å². The van der Waals surface area contributed by atoms with Gasteiger partial charge in [0, 0.05) is 16.2 Å². The van der Waals surface area contributed by atoms with Gasteiger partial charge in [-0.25, -0.2) is 4.79 Å². The summed E-state index contributed by atoms with van der Waals surface area (Å²) in [6.07, 6.45) is 1.65. The van der Waals surface area contributed by atoms with Crippen LogP contribution in [0.5, 0.6) is 11.5 Å². The fourth-order valence-corrected chi connectivity index (χ4v) is 4.85. The molecule has 1 aliphatic rings. The quantitative estimate of drug-likeness (QED) is 0.502. The summed E-state index contributed by atoms with van der Waals surface area (Å²) in [5.41, 5.74) is 1.34. The lowest BCUT2D eigenvalue weighted by Crippen LogP contribution is -2.16. The summed E-state index contributed by atoms with van der Waals surface area (Å²) < 4.78 is 16.5. The molecule has 2 heterocycles. The second-order valence-electron chi connectivity index (χ2n) is 6.42. The number of hydrogen-bond acceptors (Lipinski definition) is 7. The molecule has 1 amide bonds. The molecule has 0 saturated heterocycles. The Morgan fingerprint density at radius 3 is 2.69 bits per heavy atom. The molecule has 0 spiro atoms. The number of amides is 1. The van der Waals surface area contributed by atoms with E-state index in [0.717, 1.165) is 33.9 Å². The Morgan fingerprint density at radius 1 is 1.21 bits per heavy atom. The fourth-order valence-electron chi connectivity index (χ4n) is 2.98. The van der Waals surface area contributed by atoms with E-state index in [-0.39, 0.29) is 11.7 Å². The van der Waals surface area contributed by atoms with Gasteiger partial charge in [-0.15, -0.1) is 23.1 Å². The Labute approximate surface area is 178 Å². The maximum absolute atomic E-state index is 12.5. The molecule has 0 radical (unpaired) electrons. The molecule has 6 nitrogen and oxygen atoms in total. The third-order valence-corrected chi connectivity index (χ3v) is 6.73. The van der Waals surface area contributed by atoms with Crippen molar-refractivity contribution in [3.8, 4) is 11.5 Å². The highest BCUT2D eigenvalue weighted by Gasteiger charge is 2.23. The molecular weight excluding hydrogens is 410 g/mol. The molecule has 1 N–H and O–H groups in total. The van der Waals surface area contributed by atoms with E-state index in [2.05, 4.69) is 5.32 Å². The van der Waals surface area contributed by atoms with Gasteiger partial charge in [0.25, 0.3) is 0 Å². The van der Waals surface area contributed by atoms with E-state index in [1.807, 2.05) is 32.0 Å². The fraction of sp³-hybridized carbons (Fsp3) is 0.429. The van der Waals surface area contributed by atoms with Crippen LogP contribution in [0, 0.1) is 6.92 Å². The van der Waals surface area contributed by atoms with Gasteiger partial charge in [-0.05, 0) is 44.0 Å². The molecule has 0 aliphatic carbocycles. The Morgan fingerprint density at radius 2 is 1.97 bits per heavy atom. The summed E-state index contributed by atoms with van der Waals surface area (Å²) in [6, 6.07) is 5.68. The first-order valence-corrected chi connectivity index (χ1v) is 11.4. The first-order valence-electron chi connectivity index (χ1n) is 9.65. The molecule has 1 aromatic heterocycles. The molecule has 0 saturated carbocycles. The van der Waals surface area contributed by atoms with Gasteiger partial charge >= 0.3 is 5.97 Å². The maximum Gasteiger partial charge on any atom is 0.341 e. The molecule has 0 unspecified atom stereocenters. The van der Waals surface area contributed by atoms with Crippen LogP contribution >= 0.6 is 23.1 Å². The van der Waals surface area contributed by atoms with Crippen molar-refractivity contribution in [2.45, 2.75) is 38.5 Å². The number of esters is 1. The molecule has 8 heteroatoms. The molecule has 29 heavy (non-hydrogen) atoms. The zero-order valence-electron chi connectivity index (χ0n) is 16.8. The van der Waals surface area contributed by atoms with Crippen molar-refractivity contribution in [3.05, 3.63) is 34.2 Å². The van der Waals surface area contributed by atoms with Gasteiger partial charge in [-0.1, -0.05) is 6.92 Å². The van der Waals surface area contributed by atoms with Crippen LogP contribution in [0.4, 0.5) is 5.00 Å². The van der Waals surface area contributed by atoms with E-state index in [1.54, 1.807) is 6.92 Å². The van der Waals surface area contributed by atoms with Gasteiger partial charge in [0.2, 0.25) is 5.91 Å². The average Bonchev–Trinajstić information content (AvgIpc) is 2.87. The summed E-state index contributed by atoms with van der Waals surface area (Å²) in [6.45, 7) is 7.25. The summed E-state index contributed by atoms with van der Waals surface area (Å²) >= 11 is 2.84. The van der Waals surface area contributed by atoms with E-state index in [9.17, 15) is 9.59 Å². The predicted octanol–water partition coefficient (Wildman–Crippen LogP) is 4.69. The molecule has 1 aliphatic heterocycles. The van der Waals surface area contributed by atoms with Crippen LogP contribution in [0.3, 0.4) is 0 Å². The van der Waals surface area contributed by atoms with Crippen LogP contribution in [-0.2, 0) is 16.0 Å². The van der Waals surface area contributed by atoms with Crippen molar-refractivity contribution in [3.63, 3.8) is 0 Å². The number of benzene rings is 1. The van der Waals surface area contributed by atoms with Gasteiger partial charge in [0.05, 0.1) is 31.1 Å². The van der Waals surface area contributed by atoms with Crippen LogP contribution < -0.4 is 14.8 Å². The number of carbonyl (C=O) groups is 2. The average molecular weight is 436 g/mol. The number of ether oxygens (including phenoxy) is 3. The topological polar surface area (TPSA) is 73.9 Å². The number of thiophene rings is 1. The lowest BCUT2D eigenvalue weighted by atomic mass is 10.1. The zero-order chi connectivity index (χ0) is 20.8. The third kappa shape index (κ3) is 5.25. The van der Waals surface area contributed by atoms with Crippen LogP contribution in [0.1, 0.15) is 41.1 Å². The van der Waals surface area contributed by atoms with Gasteiger partial charge in [0.15, 0.2) is 11.5 Å². The monoisotopic (exact) mass is 435 g/mol. The number of hydrogen-bond donors (Lipinski definition) is 1. The highest BCUT2D eigenvalue weighted by Crippen LogP contribution is 2.36. The van der Waals surface area contributed by atoms with E-state index in [1.165, 1.54) is 23.1 Å². The molecule has 0 bridgehead atoms. The number of carbonyl (C=O) groups excluding carboxylic acids is 2. The number of nitrogens with one attached hydrogen (secondary N) is 1. The highest BCUT2D eigenvalue weighted by molar-refractivity contribution is 8.00. The highest BCUT2D eigenvalue weighted by atomic mass is 32.2. The standard InChI is InChI=1S/C21H25NO5S2/c1-4-17-13(3)19(21(24)25-5-2)20(29-17)22-18(23)12-28-14-7-8-15-16(11-14)27-10-6-9-26-15/h7-8,11H,4-6,9-10,12H2,1-3H3,(H,22,23). The molecule has 1 aromatic carbocycles. The molecule has 3 rings (SSSR count). The second-order valence-corrected chi connectivity index (χ2v) is 8.58. The molecule has 156 valence electrons. The summed E-state index contributed by atoms with van der Waals surface area (Å²) in [5, 5.41) is 3.45. The minimum absolute atomic E-state index is 0.170. The van der Waals surface area contributed by atoms with E-state index >= 15 is 0 Å². The lowest BCUT2D eigenvalue weighted by Gasteiger charge is -2.09. The zero-order valence-corrected chi connectivity index (χ0v) is 18.5. The number of aryl methyl sites for hydroxylation is 1. The van der Waals surface area contributed by atoms with Crippen molar-refractivity contribution in [1.29, 1.82) is 0 Å². The van der Waals surface area contributed by atoms with E-state index < -0.39 is 5.97 Å². The van der Waals surface area contributed by atoms with E-state index in [4.69, 9.17) is 14.2 Å². The van der Waals surface area contributed by atoms with Crippen LogP contribution in [0.25, 0.3) is 0 Å². The van der Waals surface area contributed by atoms with Gasteiger partial charge in [-0.3, -0.25) is 4.79 Å².